The third-order valence-electron chi connectivity index (χ3n) is 5.17. The molecule has 1 fully saturated rings. The molecule has 0 unspecified atom stereocenters. The Kier molecular flexibility index (Phi) is 4.13. The summed E-state index contributed by atoms with van der Waals surface area (Å²) in [4.78, 5) is 33.8. The van der Waals surface area contributed by atoms with Gasteiger partial charge in [-0.2, -0.15) is 0 Å². The van der Waals surface area contributed by atoms with Gasteiger partial charge in [-0.3, -0.25) is 14.9 Å². The highest BCUT2D eigenvalue weighted by Crippen LogP contribution is 2.53. The van der Waals surface area contributed by atoms with E-state index in [1.54, 1.807) is 0 Å². The third-order valence-corrected chi connectivity index (χ3v) is 5.17. The number of carbonyl (C=O) groups excluding carboxylic acids is 2. The van der Waals surface area contributed by atoms with E-state index in [4.69, 9.17) is 0 Å². The van der Waals surface area contributed by atoms with Gasteiger partial charge in [0.2, 0.25) is 11.9 Å². The fourth-order valence-corrected chi connectivity index (χ4v) is 3.56. The highest BCUT2D eigenvalue weighted by Gasteiger charge is 2.52. The second-order valence-corrected chi connectivity index (χ2v) is 7.36. The molecule has 2 heterocycles. The zero-order valence-corrected chi connectivity index (χ0v) is 15.0. The van der Waals surface area contributed by atoms with E-state index in [-0.39, 0.29) is 35.9 Å². The van der Waals surface area contributed by atoms with E-state index >= 15 is 0 Å². The van der Waals surface area contributed by atoms with E-state index in [1.807, 2.05) is 0 Å². The molecule has 0 atom stereocenters. The van der Waals surface area contributed by atoms with E-state index < -0.39 is 17.6 Å². The Morgan fingerprint density at radius 1 is 1.29 bits per heavy atom. The van der Waals surface area contributed by atoms with Crippen molar-refractivity contribution in [2.45, 2.75) is 31.1 Å². The largest absolute Gasteiger partial charge is 0.328 e. The molecule has 2 aliphatic rings. The highest BCUT2D eigenvalue weighted by atomic mass is 19.3. The first-order chi connectivity index (χ1) is 13.2. The van der Waals surface area contributed by atoms with Gasteiger partial charge < -0.3 is 4.90 Å². The summed E-state index contributed by atoms with van der Waals surface area (Å²) in [6.07, 6.45) is 3.38. The fraction of sp³-hybridized carbons (Fsp3) is 0.368. The Bertz CT molecular complexity index is 953. The average Bonchev–Trinajstić information content (AvgIpc) is 3.41. The number of alkyl halides is 2. The molecule has 28 heavy (non-hydrogen) atoms. The van der Waals surface area contributed by atoms with Gasteiger partial charge in [0, 0.05) is 30.0 Å². The Hall–Kier alpha value is -2.97. The van der Waals surface area contributed by atoms with Gasteiger partial charge in [-0.1, -0.05) is 6.07 Å². The number of fused-ring (bicyclic) bond motifs is 2. The molecule has 0 bridgehead atoms. The molecule has 1 aromatic heterocycles. The van der Waals surface area contributed by atoms with Crippen LogP contribution in [0, 0.1) is 5.82 Å². The summed E-state index contributed by atoms with van der Waals surface area (Å²) in [7, 11) is 0. The van der Waals surface area contributed by atoms with Crippen LogP contribution in [0.4, 0.5) is 19.1 Å². The molecule has 1 N–H and O–H groups in total. The predicted octanol–water partition coefficient (Wildman–Crippen LogP) is 2.85. The number of amides is 2. The molecule has 9 heteroatoms. The monoisotopic (exact) mass is 390 g/mol. The van der Waals surface area contributed by atoms with Crippen LogP contribution in [0.2, 0.25) is 0 Å². The number of rotatable bonds is 4. The maximum atomic E-state index is 13.7. The normalized spacial score (nSPS) is 17.4. The van der Waals surface area contributed by atoms with E-state index in [0.29, 0.717) is 11.1 Å². The molecule has 4 rings (SSSR count). The standard InChI is InChI=1S/C19H17F3N4O2/c1-18(21,22)11-2-3-13-14(6-11)19(4-5-19)10-26(16(13)28)9-15(27)25-17-23-7-12(20)8-24-17/h2-3,6-8H,4-5,9-10H2,1H3,(H,23,24,25,27). The molecule has 146 valence electrons. The van der Waals surface area contributed by atoms with Crippen LogP contribution in [0.1, 0.15) is 41.3 Å². The van der Waals surface area contributed by atoms with Crippen molar-refractivity contribution in [1.82, 2.24) is 14.9 Å². The van der Waals surface area contributed by atoms with Gasteiger partial charge in [0.15, 0.2) is 5.82 Å². The van der Waals surface area contributed by atoms with Crippen molar-refractivity contribution in [3.05, 3.63) is 53.1 Å². The highest BCUT2D eigenvalue weighted by molar-refractivity contribution is 6.01. The number of hydrogen-bond acceptors (Lipinski definition) is 4. The summed E-state index contributed by atoms with van der Waals surface area (Å²) in [6, 6.07) is 4.09. The maximum absolute atomic E-state index is 13.7. The summed E-state index contributed by atoms with van der Waals surface area (Å²) in [5, 5.41) is 2.42. The third kappa shape index (κ3) is 3.32. The van der Waals surface area contributed by atoms with Gasteiger partial charge >= 0.3 is 0 Å². The Morgan fingerprint density at radius 3 is 2.57 bits per heavy atom. The van der Waals surface area contributed by atoms with Crippen LogP contribution in [-0.4, -0.2) is 39.8 Å². The van der Waals surface area contributed by atoms with Crippen molar-refractivity contribution in [2.75, 3.05) is 18.4 Å². The van der Waals surface area contributed by atoms with Gasteiger partial charge in [-0.25, -0.2) is 23.1 Å². The molecular weight excluding hydrogens is 373 g/mol. The van der Waals surface area contributed by atoms with Crippen molar-refractivity contribution >= 4 is 17.8 Å². The lowest BCUT2D eigenvalue weighted by Gasteiger charge is -2.34. The molecule has 0 saturated heterocycles. The molecular formula is C19H17F3N4O2. The van der Waals surface area contributed by atoms with Crippen molar-refractivity contribution < 1.29 is 22.8 Å². The summed E-state index contributed by atoms with van der Waals surface area (Å²) < 4.78 is 40.2. The Morgan fingerprint density at radius 2 is 1.96 bits per heavy atom. The average molecular weight is 390 g/mol. The van der Waals surface area contributed by atoms with Crippen LogP contribution >= 0.6 is 0 Å². The van der Waals surface area contributed by atoms with Crippen LogP contribution in [0.15, 0.2) is 30.6 Å². The van der Waals surface area contributed by atoms with E-state index in [9.17, 15) is 22.8 Å². The SMILES string of the molecule is CC(F)(F)c1ccc2c(c1)C1(CC1)CN(CC(=O)Nc1ncc(F)cn1)C2=O. The molecule has 2 aromatic rings. The fourth-order valence-electron chi connectivity index (χ4n) is 3.56. The summed E-state index contributed by atoms with van der Waals surface area (Å²) in [6.45, 7) is 0.884. The van der Waals surface area contributed by atoms with E-state index in [2.05, 4.69) is 15.3 Å². The molecule has 2 amide bonds. The molecule has 0 radical (unpaired) electrons. The second-order valence-electron chi connectivity index (χ2n) is 7.36. The van der Waals surface area contributed by atoms with E-state index in [1.165, 1.54) is 23.1 Å². The van der Waals surface area contributed by atoms with Crippen molar-refractivity contribution in [3.8, 4) is 0 Å². The number of aromatic nitrogens is 2. The minimum atomic E-state index is -2.99. The van der Waals surface area contributed by atoms with Gasteiger partial charge in [-0.15, -0.1) is 0 Å². The lowest BCUT2D eigenvalue weighted by Crippen LogP contribution is -2.47. The second kappa shape index (κ2) is 6.29. The number of hydrogen-bond donors (Lipinski definition) is 1. The number of anilines is 1. The lowest BCUT2D eigenvalue weighted by atomic mass is 9.84. The molecule has 6 nitrogen and oxygen atoms in total. The quantitative estimate of drug-likeness (QED) is 0.871. The van der Waals surface area contributed by atoms with E-state index in [0.717, 1.165) is 32.2 Å². The smallest absolute Gasteiger partial charge is 0.270 e. The van der Waals surface area contributed by atoms with Gasteiger partial charge in [0.05, 0.1) is 12.4 Å². The number of nitrogens with zero attached hydrogens (tertiary/aromatic N) is 3. The first-order valence-corrected chi connectivity index (χ1v) is 8.77. The zero-order chi connectivity index (χ0) is 20.1. The first-order valence-electron chi connectivity index (χ1n) is 8.77. The van der Waals surface area contributed by atoms with Gasteiger partial charge in [0.25, 0.3) is 11.8 Å². The molecule has 1 aliphatic heterocycles. The molecule has 1 spiro atoms. The Balaban J connectivity index is 1.54. The van der Waals surface area contributed by atoms with Crippen LogP contribution in [0.25, 0.3) is 0 Å². The van der Waals surface area contributed by atoms with Crippen LogP contribution in [0.5, 0.6) is 0 Å². The number of nitrogens with one attached hydrogen (secondary N) is 1. The lowest BCUT2D eigenvalue weighted by molar-refractivity contribution is -0.117. The minimum absolute atomic E-state index is 0.0628. The number of carbonyl (C=O) groups is 2. The molecule has 1 saturated carbocycles. The zero-order valence-electron chi connectivity index (χ0n) is 15.0. The van der Waals surface area contributed by atoms with Crippen LogP contribution in [-0.2, 0) is 16.1 Å². The summed E-state index contributed by atoms with van der Waals surface area (Å²) >= 11 is 0. The molecule has 1 aliphatic carbocycles. The van der Waals surface area contributed by atoms with Crippen LogP contribution in [0.3, 0.4) is 0 Å². The van der Waals surface area contributed by atoms with Crippen molar-refractivity contribution in [3.63, 3.8) is 0 Å². The summed E-state index contributed by atoms with van der Waals surface area (Å²) in [5.74, 6) is -4.58. The van der Waals surface area contributed by atoms with Gasteiger partial charge in [0.1, 0.15) is 6.54 Å². The first kappa shape index (κ1) is 18.4. The number of benzene rings is 1. The van der Waals surface area contributed by atoms with Crippen molar-refractivity contribution in [1.29, 1.82) is 0 Å². The Labute approximate surface area is 158 Å². The van der Waals surface area contributed by atoms with Crippen LogP contribution < -0.4 is 5.32 Å². The number of halogens is 3. The van der Waals surface area contributed by atoms with Crippen molar-refractivity contribution in [2.24, 2.45) is 0 Å². The topological polar surface area (TPSA) is 75.2 Å². The van der Waals surface area contributed by atoms with Gasteiger partial charge in [-0.05, 0) is 30.5 Å². The minimum Gasteiger partial charge on any atom is -0.328 e. The summed E-state index contributed by atoms with van der Waals surface area (Å²) in [5.41, 5.74) is 0.486. The maximum Gasteiger partial charge on any atom is 0.270 e. The predicted molar refractivity (Wildman–Crippen MR) is 93.4 cm³/mol. The molecule has 1 aromatic carbocycles.